The lowest BCUT2D eigenvalue weighted by molar-refractivity contribution is 0.0925. The highest BCUT2D eigenvalue weighted by molar-refractivity contribution is 5.94. The zero-order valence-corrected chi connectivity index (χ0v) is 13.8. The molecule has 2 rings (SSSR count). The van der Waals surface area contributed by atoms with Crippen LogP contribution in [-0.4, -0.2) is 5.91 Å². The SMILES string of the molecule is CCc1ccc([C@@H](NC(=O)c2cccc(C#N)c2)C(C)C)cc1. The molecule has 0 spiro atoms. The molecule has 1 atom stereocenters. The molecule has 0 radical (unpaired) electrons. The van der Waals surface area contributed by atoms with Crippen molar-refractivity contribution >= 4 is 5.91 Å². The number of nitrogens with zero attached hydrogens (tertiary/aromatic N) is 1. The van der Waals surface area contributed by atoms with E-state index in [1.54, 1.807) is 24.3 Å². The van der Waals surface area contributed by atoms with Crippen molar-refractivity contribution in [3.63, 3.8) is 0 Å². The zero-order chi connectivity index (χ0) is 16.8. The normalized spacial score (nSPS) is 11.8. The van der Waals surface area contributed by atoms with E-state index in [9.17, 15) is 4.79 Å². The van der Waals surface area contributed by atoms with E-state index >= 15 is 0 Å². The second kappa shape index (κ2) is 7.60. The Morgan fingerprint density at radius 2 is 1.87 bits per heavy atom. The topological polar surface area (TPSA) is 52.9 Å². The summed E-state index contributed by atoms with van der Waals surface area (Å²) in [5, 5.41) is 12.0. The number of amides is 1. The Bertz CT molecular complexity index is 711. The summed E-state index contributed by atoms with van der Waals surface area (Å²) in [6.45, 7) is 6.30. The van der Waals surface area contributed by atoms with Crippen LogP contribution < -0.4 is 5.32 Å². The van der Waals surface area contributed by atoms with Gasteiger partial charge in [-0.1, -0.05) is 51.1 Å². The molecule has 0 aliphatic rings. The number of rotatable bonds is 5. The molecular weight excluding hydrogens is 284 g/mol. The summed E-state index contributed by atoms with van der Waals surface area (Å²) in [6.07, 6.45) is 1.000. The Balaban J connectivity index is 2.21. The Kier molecular flexibility index (Phi) is 5.54. The second-order valence-electron chi connectivity index (χ2n) is 5.98. The molecule has 0 aliphatic carbocycles. The number of carbonyl (C=O) groups is 1. The van der Waals surface area contributed by atoms with E-state index in [2.05, 4.69) is 56.4 Å². The van der Waals surface area contributed by atoms with Gasteiger partial charge in [0.15, 0.2) is 0 Å². The molecule has 0 unspecified atom stereocenters. The fourth-order valence-corrected chi connectivity index (χ4v) is 2.55. The van der Waals surface area contributed by atoms with Gasteiger partial charge < -0.3 is 5.32 Å². The van der Waals surface area contributed by atoms with E-state index < -0.39 is 0 Å². The molecule has 0 aromatic heterocycles. The van der Waals surface area contributed by atoms with Crippen LogP contribution >= 0.6 is 0 Å². The van der Waals surface area contributed by atoms with Crippen LogP contribution in [0.5, 0.6) is 0 Å². The highest BCUT2D eigenvalue weighted by atomic mass is 16.1. The van der Waals surface area contributed by atoms with Gasteiger partial charge >= 0.3 is 0 Å². The molecule has 0 aliphatic heterocycles. The third kappa shape index (κ3) is 4.20. The van der Waals surface area contributed by atoms with E-state index in [4.69, 9.17) is 5.26 Å². The fourth-order valence-electron chi connectivity index (χ4n) is 2.55. The van der Waals surface area contributed by atoms with E-state index in [0.29, 0.717) is 11.1 Å². The molecule has 3 nitrogen and oxygen atoms in total. The lowest BCUT2D eigenvalue weighted by Gasteiger charge is -2.23. The van der Waals surface area contributed by atoms with Crippen molar-refractivity contribution in [2.75, 3.05) is 0 Å². The van der Waals surface area contributed by atoms with Crippen LogP contribution in [-0.2, 0) is 6.42 Å². The van der Waals surface area contributed by atoms with Gasteiger partial charge in [0.05, 0.1) is 17.7 Å². The maximum atomic E-state index is 12.5. The smallest absolute Gasteiger partial charge is 0.251 e. The van der Waals surface area contributed by atoms with E-state index in [-0.39, 0.29) is 17.9 Å². The number of aryl methyl sites for hydroxylation is 1. The average molecular weight is 306 g/mol. The van der Waals surface area contributed by atoms with Crippen LogP contribution in [0, 0.1) is 17.2 Å². The molecule has 0 saturated heterocycles. The molecule has 1 N–H and O–H groups in total. The molecule has 3 heteroatoms. The number of benzene rings is 2. The Morgan fingerprint density at radius 1 is 1.17 bits per heavy atom. The fraction of sp³-hybridized carbons (Fsp3) is 0.300. The van der Waals surface area contributed by atoms with Crippen LogP contribution in [0.25, 0.3) is 0 Å². The molecule has 0 saturated carbocycles. The highest BCUT2D eigenvalue weighted by Crippen LogP contribution is 2.23. The predicted molar refractivity (Wildman–Crippen MR) is 92.0 cm³/mol. The van der Waals surface area contributed by atoms with Crippen molar-refractivity contribution in [1.82, 2.24) is 5.32 Å². The molecule has 23 heavy (non-hydrogen) atoms. The summed E-state index contributed by atoms with van der Waals surface area (Å²) in [4.78, 5) is 12.5. The monoisotopic (exact) mass is 306 g/mol. The average Bonchev–Trinajstić information content (AvgIpc) is 2.59. The third-order valence-corrected chi connectivity index (χ3v) is 3.95. The van der Waals surface area contributed by atoms with Crippen molar-refractivity contribution < 1.29 is 4.79 Å². The van der Waals surface area contributed by atoms with Crippen LogP contribution in [0.1, 0.15) is 53.9 Å². The maximum Gasteiger partial charge on any atom is 0.251 e. The summed E-state index contributed by atoms with van der Waals surface area (Å²) < 4.78 is 0. The van der Waals surface area contributed by atoms with Crippen LogP contribution in [0.3, 0.4) is 0 Å². The van der Waals surface area contributed by atoms with Crippen molar-refractivity contribution in [3.05, 3.63) is 70.8 Å². The quantitative estimate of drug-likeness (QED) is 0.898. The largest absolute Gasteiger partial charge is 0.345 e. The van der Waals surface area contributed by atoms with Crippen molar-refractivity contribution in [2.45, 2.75) is 33.2 Å². The van der Waals surface area contributed by atoms with Gasteiger partial charge in [-0.3, -0.25) is 4.79 Å². The summed E-state index contributed by atoms with van der Waals surface area (Å²) in [7, 11) is 0. The molecule has 0 bridgehead atoms. The molecule has 1 amide bonds. The summed E-state index contributed by atoms with van der Waals surface area (Å²) in [5.41, 5.74) is 3.39. The number of hydrogen-bond donors (Lipinski definition) is 1. The first-order valence-corrected chi connectivity index (χ1v) is 7.95. The number of nitriles is 1. The maximum absolute atomic E-state index is 12.5. The minimum atomic E-state index is -0.152. The number of hydrogen-bond acceptors (Lipinski definition) is 2. The first kappa shape index (κ1) is 16.8. The minimum Gasteiger partial charge on any atom is -0.345 e. The Labute approximate surface area is 138 Å². The number of carbonyl (C=O) groups excluding carboxylic acids is 1. The predicted octanol–water partition coefficient (Wildman–Crippen LogP) is 4.25. The lowest BCUT2D eigenvalue weighted by Crippen LogP contribution is -2.31. The van der Waals surface area contributed by atoms with Gasteiger partial charge in [-0.05, 0) is 41.7 Å². The first-order valence-electron chi connectivity index (χ1n) is 7.95. The second-order valence-corrected chi connectivity index (χ2v) is 5.98. The molecule has 2 aromatic carbocycles. The van der Waals surface area contributed by atoms with E-state index in [0.717, 1.165) is 12.0 Å². The molecule has 2 aromatic rings. The third-order valence-electron chi connectivity index (χ3n) is 3.95. The Morgan fingerprint density at radius 3 is 2.43 bits per heavy atom. The zero-order valence-electron chi connectivity index (χ0n) is 13.8. The minimum absolute atomic E-state index is 0.0563. The highest BCUT2D eigenvalue weighted by Gasteiger charge is 2.19. The molecule has 0 fully saturated rings. The first-order chi connectivity index (χ1) is 11.0. The van der Waals surface area contributed by atoms with Crippen molar-refractivity contribution in [2.24, 2.45) is 5.92 Å². The molecule has 0 heterocycles. The van der Waals surface area contributed by atoms with Gasteiger partial charge in [-0.15, -0.1) is 0 Å². The van der Waals surface area contributed by atoms with Gasteiger partial charge in [0.1, 0.15) is 0 Å². The summed E-state index contributed by atoms with van der Waals surface area (Å²) in [6, 6.07) is 17.1. The van der Waals surface area contributed by atoms with E-state index in [1.165, 1.54) is 5.56 Å². The van der Waals surface area contributed by atoms with Crippen LogP contribution in [0.2, 0.25) is 0 Å². The summed E-state index contributed by atoms with van der Waals surface area (Å²) >= 11 is 0. The van der Waals surface area contributed by atoms with Crippen molar-refractivity contribution in [1.29, 1.82) is 5.26 Å². The van der Waals surface area contributed by atoms with Gasteiger partial charge in [0.2, 0.25) is 0 Å². The Hall–Kier alpha value is -2.60. The van der Waals surface area contributed by atoms with Gasteiger partial charge in [0, 0.05) is 5.56 Å². The van der Waals surface area contributed by atoms with Crippen LogP contribution in [0.15, 0.2) is 48.5 Å². The van der Waals surface area contributed by atoms with Gasteiger partial charge in [-0.25, -0.2) is 0 Å². The summed E-state index contributed by atoms with van der Waals surface area (Å²) in [5.74, 6) is 0.117. The lowest BCUT2D eigenvalue weighted by atomic mass is 9.94. The van der Waals surface area contributed by atoms with Gasteiger partial charge in [0.25, 0.3) is 5.91 Å². The standard InChI is InChI=1S/C20H22N2O/c1-4-15-8-10-17(11-9-15)19(14(2)3)22-20(23)18-7-5-6-16(12-18)13-21/h5-12,14,19H,4H2,1-3H3,(H,22,23)/t19-/m0/s1. The molecule has 118 valence electrons. The number of nitrogens with one attached hydrogen (secondary N) is 1. The van der Waals surface area contributed by atoms with Crippen molar-refractivity contribution in [3.8, 4) is 6.07 Å². The molecular formula is C20H22N2O. The van der Waals surface area contributed by atoms with Gasteiger partial charge in [-0.2, -0.15) is 5.26 Å². The van der Waals surface area contributed by atoms with E-state index in [1.807, 2.05) is 0 Å². The van der Waals surface area contributed by atoms with Crippen LogP contribution in [0.4, 0.5) is 0 Å².